The molecule has 0 aliphatic rings. The molecule has 126 valence electrons. The molecule has 0 aliphatic carbocycles. The van der Waals surface area contributed by atoms with Crippen LogP contribution in [0.5, 0.6) is 0 Å². The first-order chi connectivity index (χ1) is 12.8. The first kappa shape index (κ1) is 16.8. The van der Waals surface area contributed by atoms with Gasteiger partial charge in [-0.25, -0.2) is 0 Å². The van der Waals surface area contributed by atoms with E-state index in [-0.39, 0.29) is 0 Å². The van der Waals surface area contributed by atoms with Crippen molar-refractivity contribution >= 4 is 28.5 Å². The van der Waals surface area contributed by atoms with Crippen molar-refractivity contribution in [2.75, 3.05) is 0 Å². The molecule has 4 aromatic carbocycles. The number of aryl methyl sites for hydroxylation is 1. The Hall–Kier alpha value is -2.69. The lowest BCUT2D eigenvalue weighted by Crippen LogP contribution is -2.38. The molecule has 1 heteroatoms. The summed E-state index contributed by atoms with van der Waals surface area (Å²) in [6.45, 7) is 2.18. The number of benzene rings is 4. The summed E-state index contributed by atoms with van der Waals surface area (Å²) in [4.78, 5) is 0. The van der Waals surface area contributed by atoms with Gasteiger partial charge in [-0.1, -0.05) is 66.7 Å². The molecule has 0 radical (unpaired) electrons. The highest BCUT2D eigenvalue weighted by atomic mass is 31.2. The predicted molar refractivity (Wildman–Crippen MR) is 116 cm³/mol. The molecule has 4 rings (SSSR count). The van der Waals surface area contributed by atoms with Gasteiger partial charge in [-0.3, -0.25) is 0 Å². The lowest BCUT2D eigenvalue weighted by atomic mass is 10.2. The second kappa shape index (κ2) is 7.28. The molecular weight excluding hydrogens is 331 g/mol. The van der Waals surface area contributed by atoms with Gasteiger partial charge in [-0.05, 0) is 61.0 Å². The summed E-state index contributed by atoms with van der Waals surface area (Å²) in [5, 5.41) is 5.58. The molecule has 26 heavy (non-hydrogen) atoms. The lowest BCUT2D eigenvalue weighted by molar-refractivity contribution is 1.49. The number of rotatable bonds is 4. The Labute approximate surface area is 156 Å². The third kappa shape index (κ3) is 2.87. The average molecular weight is 353 g/mol. The molecule has 0 fully saturated rings. The van der Waals surface area contributed by atoms with E-state index in [4.69, 9.17) is 0 Å². The van der Waals surface area contributed by atoms with E-state index in [1.807, 2.05) is 0 Å². The maximum Gasteiger partial charge on any atom is 0.144 e. The molecular formula is C25H22P+. The zero-order valence-electron chi connectivity index (χ0n) is 14.9. The largest absolute Gasteiger partial charge is 0.144 e. The van der Waals surface area contributed by atoms with Crippen LogP contribution < -0.4 is 21.2 Å². The topological polar surface area (TPSA) is 0 Å². The zero-order chi connectivity index (χ0) is 17.8. The molecule has 0 bridgehead atoms. The van der Waals surface area contributed by atoms with E-state index >= 15 is 0 Å². The van der Waals surface area contributed by atoms with Crippen LogP contribution in [0.2, 0.25) is 0 Å². The third-order valence-electron chi connectivity index (χ3n) is 4.82. The molecule has 0 saturated carbocycles. The number of hydrogen-bond acceptors (Lipinski definition) is 0. The highest BCUT2D eigenvalue weighted by molar-refractivity contribution is 8.01. The van der Waals surface area contributed by atoms with Crippen LogP contribution in [-0.2, 0) is 0 Å². The Bertz CT molecular complexity index is 879. The molecule has 0 heterocycles. The van der Waals surface area contributed by atoms with Gasteiger partial charge in [0.1, 0.15) is 28.5 Å². The second-order valence-electron chi connectivity index (χ2n) is 6.52. The molecule has 0 N–H and O–H groups in total. The highest BCUT2D eigenvalue weighted by Crippen LogP contribution is 2.54. The summed E-state index contributed by atoms with van der Waals surface area (Å²) in [5.41, 5.74) is 1.30. The monoisotopic (exact) mass is 353 g/mol. The molecule has 0 saturated heterocycles. The van der Waals surface area contributed by atoms with E-state index in [0.717, 1.165) is 0 Å². The van der Waals surface area contributed by atoms with Crippen molar-refractivity contribution in [3.8, 4) is 0 Å². The Morgan fingerprint density at radius 2 is 0.808 bits per heavy atom. The van der Waals surface area contributed by atoms with E-state index < -0.39 is 7.26 Å². The zero-order valence-corrected chi connectivity index (χ0v) is 15.8. The van der Waals surface area contributed by atoms with Gasteiger partial charge in [0.2, 0.25) is 0 Å². The van der Waals surface area contributed by atoms with Crippen molar-refractivity contribution in [2.45, 2.75) is 6.92 Å². The molecule has 4 aromatic rings. The van der Waals surface area contributed by atoms with E-state index in [1.165, 1.54) is 26.8 Å². The van der Waals surface area contributed by atoms with Crippen molar-refractivity contribution < 1.29 is 0 Å². The molecule has 0 aromatic heterocycles. The van der Waals surface area contributed by atoms with Crippen LogP contribution >= 0.6 is 7.26 Å². The van der Waals surface area contributed by atoms with E-state index in [2.05, 4.69) is 122 Å². The van der Waals surface area contributed by atoms with Crippen molar-refractivity contribution in [1.82, 2.24) is 0 Å². The standard InChI is InChI=1S/C25H22P/c1-21-12-11-19-25(20-21)26(22-13-5-2-6-14-22,23-15-7-3-8-16-23)24-17-9-4-10-18-24/h2-20H,1H3/q+1. The van der Waals surface area contributed by atoms with Gasteiger partial charge < -0.3 is 0 Å². The first-order valence-corrected chi connectivity index (χ1v) is 10.7. The summed E-state index contributed by atoms with van der Waals surface area (Å²) in [5.74, 6) is 0. The maximum atomic E-state index is 2.36. The van der Waals surface area contributed by atoms with E-state index in [0.29, 0.717) is 0 Å². The lowest BCUT2D eigenvalue weighted by Gasteiger charge is -2.27. The van der Waals surface area contributed by atoms with Gasteiger partial charge in [0, 0.05) is 0 Å². The minimum Gasteiger partial charge on any atom is -0.0620 e. The molecule has 0 nitrogen and oxygen atoms in total. The van der Waals surface area contributed by atoms with Crippen molar-refractivity contribution in [3.63, 3.8) is 0 Å². The van der Waals surface area contributed by atoms with Crippen molar-refractivity contribution in [1.29, 1.82) is 0 Å². The Kier molecular flexibility index (Phi) is 4.69. The molecule has 0 amide bonds. The van der Waals surface area contributed by atoms with Crippen LogP contribution in [0, 0.1) is 6.92 Å². The fraction of sp³-hybridized carbons (Fsp3) is 0.0400. The van der Waals surface area contributed by atoms with Crippen LogP contribution in [0.3, 0.4) is 0 Å². The summed E-state index contributed by atoms with van der Waals surface area (Å²) in [7, 11) is -1.93. The third-order valence-corrected chi connectivity index (χ3v) is 9.09. The van der Waals surface area contributed by atoms with Crippen LogP contribution in [0.25, 0.3) is 0 Å². The fourth-order valence-corrected chi connectivity index (χ4v) is 8.04. The number of hydrogen-bond donors (Lipinski definition) is 0. The van der Waals surface area contributed by atoms with Crippen molar-refractivity contribution in [3.05, 3.63) is 121 Å². The van der Waals surface area contributed by atoms with Gasteiger partial charge in [-0.15, -0.1) is 0 Å². The second-order valence-corrected chi connectivity index (χ2v) is 9.92. The Morgan fingerprint density at radius 1 is 0.423 bits per heavy atom. The highest BCUT2D eigenvalue weighted by Gasteiger charge is 2.47. The van der Waals surface area contributed by atoms with Gasteiger partial charge >= 0.3 is 0 Å². The Balaban J connectivity index is 2.14. The van der Waals surface area contributed by atoms with Crippen LogP contribution in [0.15, 0.2) is 115 Å². The van der Waals surface area contributed by atoms with Gasteiger partial charge in [-0.2, -0.15) is 0 Å². The van der Waals surface area contributed by atoms with Crippen LogP contribution in [-0.4, -0.2) is 0 Å². The average Bonchev–Trinajstić information content (AvgIpc) is 2.71. The Morgan fingerprint density at radius 3 is 1.19 bits per heavy atom. The van der Waals surface area contributed by atoms with Gasteiger partial charge in [0.05, 0.1) is 0 Å². The van der Waals surface area contributed by atoms with Crippen molar-refractivity contribution in [2.24, 2.45) is 0 Å². The summed E-state index contributed by atoms with van der Waals surface area (Å²) in [6, 6.07) is 42.0. The fourth-order valence-electron chi connectivity index (χ4n) is 3.69. The molecule has 0 spiro atoms. The van der Waals surface area contributed by atoms with E-state index in [9.17, 15) is 0 Å². The summed E-state index contributed by atoms with van der Waals surface area (Å²) >= 11 is 0. The predicted octanol–water partition coefficient (Wildman–Crippen LogP) is 4.61. The van der Waals surface area contributed by atoms with Crippen LogP contribution in [0.1, 0.15) is 5.56 Å². The minimum absolute atomic E-state index is 1.30. The maximum absolute atomic E-state index is 2.36. The molecule has 0 unspecified atom stereocenters. The van der Waals surface area contributed by atoms with Gasteiger partial charge in [0.15, 0.2) is 0 Å². The summed E-state index contributed by atoms with van der Waals surface area (Å²) in [6.07, 6.45) is 0. The minimum atomic E-state index is -1.93. The quantitative estimate of drug-likeness (QED) is 0.470. The smallest absolute Gasteiger partial charge is 0.0620 e. The van der Waals surface area contributed by atoms with Gasteiger partial charge in [0.25, 0.3) is 0 Å². The molecule has 0 atom stereocenters. The first-order valence-electron chi connectivity index (χ1n) is 8.95. The summed E-state index contributed by atoms with van der Waals surface area (Å²) < 4.78 is 0. The van der Waals surface area contributed by atoms with Crippen LogP contribution in [0.4, 0.5) is 0 Å². The SMILES string of the molecule is Cc1cccc([P+](c2ccccc2)(c2ccccc2)c2ccccc2)c1. The van der Waals surface area contributed by atoms with E-state index in [1.54, 1.807) is 0 Å². The normalized spacial score (nSPS) is 11.3. The molecule has 0 aliphatic heterocycles.